The molecule has 1 aromatic heterocycles. The molecular weight excluding hydrogens is 423 g/mol. The smallest absolute Gasteiger partial charge is 0.388 e. The molecule has 2 amide bonds. The number of hydrogen-bond donors (Lipinski definition) is 1. The van der Waals surface area contributed by atoms with Gasteiger partial charge in [-0.3, -0.25) is 4.90 Å². The van der Waals surface area contributed by atoms with Crippen molar-refractivity contribution in [3.05, 3.63) is 42.0 Å². The number of urea groups is 1. The van der Waals surface area contributed by atoms with Gasteiger partial charge in [0.25, 0.3) is 0 Å². The van der Waals surface area contributed by atoms with Crippen LogP contribution in [0.5, 0.6) is 11.8 Å². The molecule has 1 N–H and O–H groups in total. The molecular formula is C23H28F3N3O3. The van der Waals surface area contributed by atoms with E-state index in [1.165, 1.54) is 38.0 Å². The van der Waals surface area contributed by atoms with Crippen molar-refractivity contribution in [1.82, 2.24) is 4.98 Å². The Morgan fingerprint density at radius 1 is 1.16 bits per heavy atom. The lowest BCUT2D eigenvalue weighted by atomic mass is 9.91. The Morgan fingerprint density at radius 2 is 1.84 bits per heavy atom. The first-order valence-electron chi connectivity index (χ1n) is 10.6. The van der Waals surface area contributed by atoms with E-state index in [9.17, 15) is 13.6 Å². The number of amides is 2. The fourth-order valence-corrected chi connectivity index (χ4v) is 3.98. The molecule has 0 aliphatic heterocycles. The third kappa shape index (κ3) is 5.63. The highest BCUT2D eigenvalue weighted by atomic mass is 19.3. The summed E-state index contributed by atoms with van der Waals surface area (Å²) in [4.78, 5) is 18.9. The Kier molecular flexibility index (Phi) is 7.48. The Morgan fingerprint density at radius 3 is 2.47 bits per heavy atom. The van der Waals surface area contributed by atoms with E-state index in [1.807, 2.05) is 0 Å². The number of methoxy groups -OCH3 is 1. The molecule has 0 unspecified atom stereocenters. The number of hydrogen-bond acceptors (Lipinski definition) is 4. The highest BCUT2D eigenvalue weighted by Gasteiger charge is 2.33. The zero-order chi connectivity index (χ0) is 23.3. The van der Waals surface area contributed by atoms with Crippen LogP contribution in [0.15, 0.2) is 36.4 Å². The molecule has 0 radical (unpaired) electrons. The maximum atomic E-state index is 15.0. The molecule has 1 fully saturated rings. The van der Waals surface area contributed by atoms with Crippen molar-refractivity contribution in [3.8, 4) is 11.8 Å². The molecule has 0 atom stereocenters. The Hall–Kier alpha value is -2.97. The third-order valence-electron chi connectivity index (χ3n) is 5.45. The first-order valence-corrected chi connectivity index (χ1v) is 10.6. The van der Waals surface area contributed by atoms with Gasteiger partial charge in [0.2, 0.25) is 11.8 Å². The lowest BCUT2D eigenvalue weighted by Gasteiger charge is -2.36. The quantitative estimate of drug-likeness (QED) is 0.539. The standard InChI is InChI=1S/C23H28F3N3O3/c1-23(2,26)16-11-7-8-12-18(16)29(15-9-5-4-6-10-15)22(30)27-17-13-14-19(31-3)28-20(17)32-21(24)25/h7-8,11-15,21H,4-6,9-10H2,1-3H3,(H,27,30). The van der Waals surface area contributed by atoms with E-state index in [0.29, 0.717) is 11.3 Å². The van der Waals surface area contributed by atoms with Crippen LogP contribution in [0.2, 0.25) is 0 Å². The van der Waals surface area contributed by atoms with Gasteiger partial charge in [-0.25, -0.2) is 9.18 Å². The molecule has 1 heterocycles. The molecule has 6 nitrogen and oxygen atoms in total. The van der Waals surface area contributed by atoms with Crippen molar-refractivity contribution >= 4 is 17.4 Å². The number of ether oxygens (including phenoxy) is 2. The summed E-state index contributed by atoms with van der Waals surface area (Å²) in [5.41, 5.74) is -0.899. The number of aromatic nitrogens is 1. The fourth-order valence-electron chi connectivity index (χ4n) is 3.98. The van der Waals surface area contributed by atoms with E-state index in [-0.39, 0.29) is 17.6 Å². The summed E-state index contributed by atoms with van der Waals surface area (Å²) in [5.74, 6) is -0.400. The van der Waals surface area contributed by atoms with E-state index >= 15 is 4.39 Å². The molecule has 174 valence electrons. The van der Waals surface area contributed by atoms with Crippen LogP contribution in [0, 0.1) is 0 Å². The second-order valence-electron chi connectivity index (χ2n) is 8.17. The molecule has 1 aliphatic rings. The van der Waals surface area contributed by atoms with Gasteiger partial charge in [0, 0.05) is 17.7 Å². The van der Waals surface area contributed by atoms with Crippen LogP contribution in [0.3, 0.4) is 0 Å². The van der Waals surface area contributed by atoms with Gasteiger partial charge in [0.15, 0.2) is 0 Å². The lowest BCUT2D eigenvalue weighted by molar-refractivity contribution is -0.0525. The number of para-hydroxylation sites is 1. The van der Waals surface area contributed by atoms with Crippen LogP contribution >= 0.6 is 0 Å². The lowest BCUT2D eigenvalue weighted by Crippen LogP contribution is -2.45. The van der Waals surface area contributed by atoms with Crippen LogP contribution in [0.1, 0.15) is 51.5 Å². The number of nitrogens with zero attached hydrogens (tertiary/aromatic N) is 2. The monoisotopic (exact) mass is 451 g/mol. The van der Waals surface area contributed by atoms with E-state index in [4.69, 9.17) is 4.74 Å². The van der Waals surface area contributed by atoms with Gasteiger partial charge in [-0.05, 0) is 38.8 Å². The molecule has 0 spiro atoms. The maximum Gasteiger partial charge on any atom is 0.388 e. The number of nitrogens with one attached hydrogen (secondary N) is 1. The molecule has 0 bridgehead atoms. The number of carbonyl (C=O) groups is 1. The zero-order valence-corrected chi connectivity index (χ0v) is 18.4. The van der Waals surface area contributed by atoms with Gasteiger partial charge in [-0.1, -0.05) is 37.5 Å². The summed E-state index contributed by atoms with van der Waals surface area (Å²) < 4.78 is 50.3. The summed E-state index contributed by atoms with van der Waals surface area (Å²) >= 11 is 0. The van der Waals surface area contributed by atoms with Crippen molar-refractivity contribution in [2.45, 2.75) is 64.3 Å². The van der Waals surface area contributed by atoms with Gasteiger partial charge in [-0.2, -0.15) is 13.8 Å². The molecule has 1 saturated carbocycles. The van der Waals surface area contributed by atoms with Crippen LogP contribution in [0.4, 0.5) is 29.3 Å². The number of benzene rings is 1. The summed E-state index contributed by atoms with van der Waals surface area (Å²) in [7, 11) is 1.34. The first kappa shape index (κ1) is 23.7. The minimum Gasteiger partial charge on any atom is -0.481 e. The van der Waals surface area contributed by atoms with Crippen molar-refractivity contribution in [3.63, 3.8) is 0 Å². The van der Waals surface area contributed by atoms with E-state index < -0.39 is 24.2 Å². The average Bonchev–Trinajstić information content (AvgIpc) is 2.75. The van der Waals surface area contributed by atoms with Crippen LogP contribution < -0.4 is 19.7 Å². The second kappa shape index (κ2) is 10.1. The van der Waals surface area contributed by atoms with Crippen molar-refractivity contribution < 1.29 is 27.4 Å². The first-order chi connectivity index (χ1) is 15.2. The highest BCUT2D eigenvalue weighted by Crippen LogP contribution is 2.37. The molecule has 32 heavy (non-hydrogen) atoms. The van der Waals surface area contributed by atoms with Gasteiger partial charge in [0.05, 0.1) is 12.8 Å². The summed E-state index contributed by atoms with van der Waals surface area (Å²) in [5, 5.41) is 2.63. The third-order valence-corrected chi connectivity index (χ3v) is 5.45. The maximum absolute atomic E-state index is 15.0. The number of halogens is 3. The number of pyridine rings is 1. The van der Waals surface area contributed by atoms with E-state index in [0.717, 1.165) is 32.1 Å². The zero-order valence-electron chi connectivity index (χ0n) is 18.4. The SMILES string of the molecule is COc1ccc(NC(=O)N(c2ccccc2C(C)(C)F)C2CCCCC2)c(OC(F)F)n1. The highest BCUT2D eigenvalue weighted by molar-refractivity contribution is 6.03. The van der Waals surface area contributed by atoms with Crippen LogP contribution in [0.25, 0.3) is 0 Å². The number of rotatable bonds is 7. The molecule has 3 rings (SSSR count). The predicted octanol–water partition coefficient (Wildman–Crippen LogP) is 6.27. The molecule has 1 aliphatic carbocycles. The van der Waals surface area contributed by atoms with Crippen LogP contribution in [-0.4, -0.2) is 30.8 Å². The van der Waals surface area contributed by atoms with Gasteiger partial charge < -0.3 is 14.8 Å². The van der Waals surface area contributed by atoms with Gasteiger partial charge >= 0.3 is 12.6 Å². The predicted molar refractivity (Wildman–Crippen MR) is 116 cm³/mol. The van der Waals surface area contributed by atoms with Crippen molar-refractivity contribution in [1.29, 1.82) is 0 Å². The van der Waals surface area contributed by atoms with E-state index in [1.54, 1.807) is 24.3 Å². The normalized spacial score (nSPS) is 14.8. The Bertz CT molecular complexity index is 928. The van der Waals surface area contributed by atoms with Crippen molar-refractivity contribution in [2.24, 2.45) is 0 Å². The number of carbonyl (C=O) groups excluding carboxylic acids is 1. The summed E-state index contributed by atoms with van der Waals surface area (Å²) in [6, 6.07) is 8.90. The Labute approximate surface area is 185 Å². The summed E-state index contributed by atoms with van der Waals surface area (Å²) in [6.07, 6.45) is 4.47. The van der Waals surface area contributed by atoms with Gasteiger partial charge in [0.1, 0.15) is 11.4 Å². The largest absolute Gasteiger partial charge is 0.481 e. The average molecular weight is 451 g/mol. The number of alkyl halides is 3. The number of anilines is 2. The van der Waals surface area contributed by atoms with E-state index in [2.05, 4.69) is 15.0 Å². The molecule has 2 aromatic rings. The Balaban J connectivity index is 2.00. The topological polar surface area (TPSA) is 63.7 Å². The minimum atomic E-state index is -3.13. The molecule has 0 saturated heterocycles. The minimum absolute atomic E-state index is 0.0334. The fraction of sp³-hybridized carbons (Fsp3) is 0.478. The van der Waals surface area contributed by atoms with Gasteiger partial charge in [-0.15, -0.1) is 0 Å². The molecule has 9 heteroatoms. The molecule has 1 aromatic carbocycles. The van der Waals surface area contributed by atoms with Crippen molar-refractivity contribution in [2.75, 3.05) is 17.3 Å². The summed E-state index contributed by atoms with van der Waals surface area (Å²) in [6.45, 7) is -0.261. The second-order valence-corrected chi connectivity index (χ2v) is 8.17. The van der Waals surface area contributed by atoms with Crippen LogP contribution in [-0.2, 0) is 5.67 Å².